The van der Waals surface area contributed by atoms with Gasteiger partial charge in [0.1, 0.15) is 0 Å². The zero-order valence-electron chi connectivity index (χ0n) is 28.5. The molecule has 0 N–H and O–H groups in total. The average Bonchev–Trinajstić information content (AvgIpc) is 3.76. The van der Waals surface area contributed by atoms with Gasteiger partial charge in [-0.1, -0.05) is 0 Å². The normalized spacial score (nSPS) is 18.7. The van der Waals surface area contributed by atoms with Crippen LogP contribution in [0.2, 0.25) is 18.7 Å². The summed E-state index contributed by atoms with van der Waals surface area (Å²) in [5.41, 5.74) is 16.1. The van der Waals surface area contributed by atoms with E-state index in [0.717, 1.165) is 0 Å². The number of hydrogen-bond donors (Lipinski definition) is 0. The van der Waals surface area contributed by atoms with Gasteiger partial charge in [0.05, 0.1) is 0 Å². The minimum atomic E-state index is -4.89. The van der Waals surface area contributed by atoms with Crippen molar-refractivity contribution in [3.8, 4) is 44.5 Å². The van der Waals surface area contributed by atoms with Crippen molar-refractivity contribution in [2.45, 2.75) is 26.1 Å². The van der Waals surface area contributed by atoms with Gasteiger partial charge in [-0.25, -0.2) is 0 Å². The Bertz CT molecular complexity index is 2260. The van der Waals surface area contributed by atoms with Gasteiger partial charge in [-0.2, -0.15) is 0 Å². The van der Waals surface area contributed by atoms with E-state index in [1.165, 1.54) is 66.8 Å². The molecule has 236 valence electrons. The molecule has 0 spiro atoms. The molecule has 6 aromatic rings. The van der Waals surface area contributed by atoms with E-state index in [2.05, 4.69) is 196 Å². The van der Waals surface area contributed by atoms with Crippen LogP contribution in [0.5, 0.6) is 0 Å². The molecule has 8 rings (SSSR count). The molecule has 2 heteroatoms. The quantitative estimate of drug-likeness (QED) is 0.147. The van der Waals surface area contributed by atoms with Crippen LogP contribution < -0.4 is 0 Å². The van der Waals surface area contributed by atoms with E-state index < -0.39 is 14.2 Å². The fourth-order valence-electron chi connectivity index (χ4n) is 9.17. The van der Waals surface area contributed by atoms with Crippen molar-refractivity contribution in [1.82, 2.24) is 0 Å². The second-order valence-electron chi connectivity index (χ2n) is 18.4. The molecule has 0 aromatic heterocycles. The Morgan fingerprint density at radius 3 is 1.10 bits per heavy atom. The summed E-state index contributed by atoms with van der Waals surface area (Å²) in [5, 5.41) is 0. The van der Waals surface area contributed by atoms with Crippen LogP contribution in [0.25, 0.3) is 56.7 Å². The van der Waals surface area contributed by atoms with Crippen molar-refractivity contribution >= 4 is 19.1 Å². The summed E-state index contributed by atoms with van der Waals surface area (Å²) >= 11 is -4.89. The molecule has 48 heavy (non-hydrogen) atoms. The Hall–Kier alpha value is -4.11. The summed E-state index contributed by atoms with van der Waals surface area (Å²) in [7, 11) is 0. The average molecular weight is 803 g/mol. The zero-order chi connectivity index (χ0) is 33.3. The fourth-order valence-corrected chi connectivity index (χ4v) is 38.0. The van der Waals surface area contributed by atoms with Crippen LogP contribution in [-0.4, -0.2) is 6.94 Å². The van der Waals surface area contributed by atoms with Gasteiger partial charge in [0, 0.05) is 0 Å². The van der Waals surface area contributed by atoms with Crippen molar-refractivity contribution in [2.75, 3.05) is 0 Å². The molecule has 0 saturated carbocycles. The van der Waals surface area contributed by atoms with Crippen molar-refractivity contribution in [3.63, 3.8) is 0 Å². The first-order valence-electron chi connectivity index (χ1n) is 17.4. The van der Waals surface area contributed by atoms with Gasteiger partial charge in [0.25, 0.3) is 0 Å². The second kappa shape index (κ2) is 9.97. The Labute approximate surface area is 282 Å². The Balaban J connectivity index is 1.26. The molecule has 0 radical (unpaired) electrons. The number of rotatable bonds is 6. The molecule has 2 unspecified atom stereocenters. The van der Waals surface area contributed by atoms with E-state index >= 15 is 0 Å². The molecule has 0 aliphatic heterocycles. The van der Waals surface area contributed by atoms with Gasteiger partial charge in [-0.3, -0.25) is 0 Å². The van der Waals surface area contributed by atoms with Crippen molar-refractivity contribution in [2.24, 2.45) is 0 Å². The molecule has 2 aliphatic carbocycles. The maximum atomic E-state index is 2.73. The van der Waals surface area contributed by atoms with Crippen molar-refractivity contribution in [1.29, 1.82) is 0 Å². The summed E-state index contributed by atoms with van der Waals surface area (Å²) in [4.78, 5) is 0. The van der Waals surface area contributed by atoms with E-state index in [9.17, 15) is 0 Å². The monoisotopic (exact) mass is 804 g/mol. The standard InChI is InChI=1S/2C21H15.4CH3.Hf.H2Si/c2*1-2-8-16(9-3-1)18-12-4-5-13-20(18)21-15-7-11-17-10-6-14-19(17)21;;;;;;/h2*1-15H;4*1H3;;1H2. The minimum absolute atomic E-state index is 0.354. The first-order valence-corrected chi connectivity index (χ1v) is 44.2. The summed E-state index contributed by atoms with van der Waals surface area (Å²) in [5.74, 6) is 0. The van der Waals surface area contributed by atoms with E-state index in [-0.39, 0.29) is 0 Å². The van der Waals surface area contributed by atoms with Crippen molar-refractivity contribution < 1.29 is 14.2 Å². The van der Waals surface area contributed by atoms with Gasteiger partial charge in [0.15, 0.2) is 0 Å². The summed E-state index contributed by atoms with van der Waals surface area (Å²) in [6, 6.07) is 53.5. The molecule has 0 amide bonds. The molecule has 0 saturated heterocycles. The van der Waals surface area contributed by atoms with Crippen LogP contribution in [0.4, 0.5) is 0 Å². The molecule has 0 nitrogen and oxygen atoms in total. The second-order valence-corrected chi connectivity index (χ2v) is 105. The van der Waals surface area contributed by atoms with Gasteiger partial charge < -0.3 is 0 Å². The van der Waals surface area contributed by atoms with Gasteiger partial charge in [-0.05, 0) is 0 Å². The molecular weight excluding hydrogens is 759 g/mol. The summed E-state index contributed by atoms with van der Waals surface area (Å²) in [6.45, 7) is 2.40. The maximum absolute atomic E-state index is 4.89. The van der Waals surface area contributed by atoms with Crippen LogP contribution in [-0.2, 0) is 14.2 Å². The Morgan fingerprint density at radius 1 is 0.375 bits per heavy atom. The topological polar surface area (TPSA) is 0 Å². The van der Waals surface area contributed by atoms with Crippen LogP contribution in [0, 0.1) is 0 Å². The molecule has 0 fully saturated rings. The first-order chi connectivity index (χ1) is 22.9. The molecular formula is C46H44HfSi. The number of hydrogen-bond acceptors (Lipinski definition) is 0. The third kappa shape index (κ3) is 4.87. The van der Waals surface area contributed by atoms with Crippen molar-refractivity contribution in [3.05, 3.63) is 180 Å². The number of fused-ring (bicyclic) bond motifs is 2. The molecule has 2 aliphatic rings. The fraction of sp³-hybridized carbons (Fsp3) is 0.130. The van der Waals surface area contributed by atoms with E-state index in [4.69, 9.17) is 0 Å². The van der Waals surface area contributed by atoms with Crippen LogP contribution in [0.3, 0.4) is 0 Å². The number of benzene rings is 6. The predicted octanol–water partition coefficient (Wildman–Crippen LogP) is 12.7. The van der Waals surface area contributed by atoms with Crippen LogP contribution in [0.15, 0.2) is 158 Å². The van der Waals surface area contributed by atoms with Gasteiger partial charge >= 0.3 is 284 Å². The number of allylic oxidation sites excluding steroid dienone is 2. The summed E-state index contributed by atoms with van der Waals surface area (Å²) < 4.78 is 11.6. The molecule has 0 bridgehead atoms. The van der Waals surface area contributed by atoms with E-state index in [0.29, 0.717) is 7.35 Å². The molecule has 2 atom stereocenters. The van der Waals surface area contributed by atoms with Crippen LogP contribution in [0.1, 0.15) is 29.6 Å². The van der Waals surface area contributed by atoms with E-state index in [1.807, 2.05) is 0 Å². The van der Waals surface area contributed by atoms with Crippen LogP contribution >= 0.6 is 0 Å². The Morgan fingerprint density at radius 2 is 0.708 bits per heavy atom. The SMILES string of the molecule is [CH3][Hf]([CH3])([CH3])([CH3])(=[SiH2])([CH]1C=Cc2c(-c3ccccc3-c3ccccc3)cccc21)[CH]1C=Cc2c(-c3ccccc3-c3ccccc3)cccc21. The van der Waals surface area contributed by atoms with E-state index in [1.54, 1.807) is 0 Å². The zero-order valence-corrected chi connectivity index (χ0v) is 33.5. The molecule has 6 aromatic carbocycles. The Kier molecular flexibility index (Phi) is 6.47. The third-order valence-electron chi connectivity index (χ3n) is 11.8. The first kappa shape index (κ1) is 31.2. The van der Waals surface area contributed by atoms with Gasteiger partial charge in [-0.15, -0.1) is 0 Å². The predicted molar refractivity (Wildman–Crippen MR) is 210 cm³/mol. The molecule has 0 heterocycles. The van der Waals surface area contributed by atoms with Gasteiger partial charge in [0.2, 0.25) is 0 Å². The summed E-state index contributed by atoms with van der Waals surface area (Å²) in [6.07, 6.45) is 10.1. The third-order valence-corrected chi connectivity index (χ3v) is 46.2.